The standard InChI is InChI=1S/C17H28N4O2/c1-5-13(2)16(22)21-15-8-6-7-14(11-15)12-20-17(18-3)19-9-10-23-4/h6-8,11,13H,5,9-10,12H2,1-4H3,(H,21,22)(H2,18,19,20). The summed E-state index contributed by atoms with van der Waals surface area (Å²) in [5.74, 6) is 0.784. The first kappa shape index (κ1) is 19.0. The number of rotatable bonds is 8. The number of benzene rings is 1. The van der Waals surface area contributed by atoms with Crippen LogP contribution in [-0.2, 0) is 16.1 Å². The summed E-state index contributed by atoms with van der Waals surface area (Å²) in [6.45, 7) is 5.88. The van der Waals surface area contributed by atoms with E-state index in [-0.39, 0.29) is 11.8 Å². The highest BCUT2D eigenvalue weighted by molar-refractivity contribution is 5.92. The Morgan fingerprint density at radius 2 is 2.13 bits per heavy atom. The Bertz CT molecular complexity index is 517. The Morgan fingerprint density at radius 1 is 1.35 bits per heavy atom. The van der Waals surface area contributed by atoms with Crippen LogP contribution in [-0.4, -0.2) is 39.2 Å². The molecule has 1 amide bonds. The predicted octanol–water partition coefficient (Wildman–Crippen LogP) is 1.98. The van der Waals surface area contributed by atoms with Crippen LogP contribution in [0.25, 0.3) is 0 Å². The molecule has 0 spiro atoms. The lowest BCUT2D eigenvalue weighted by Gasteiger charge is -2.13. The first-order valence-corrected chi connectivity index (χ1v) is 7.94. The van der Waals surface area contributed by atoms with Crippen LogP contribution in [0, 0.1) is 5.92 Å². The van der Waals surface area contributed by atoms with Gasteiger partial charge < -0.3 is 20.7 Å². The zero-order valence-electron chi connectivity index (χ0n) is 14.5. The quantitative estimate of drug-likeness (QED) is 0.389. The highest BCUT2D eigenvalue weighted by Crippen LogP contribution is 2.13. The average Bonchev–Trinajstić information content (AvgIpc) is 2.57. The minimum Gasteiger partial charge on any atom is -0.383 e. The highest BCUT2D eigenvalue weighted by atomic mass is 16.5. The van der Waals surface area contributed by atoms with E-state index >= 15 is 0 Å². The highest BCUT2D eigenvalue weighted by Gasteiger charge is 2.10. The van der Waals surface area contributed by atoms with E-state index in [9.17, 15) is 4.79 Å². The predicted molar refractivity (Wildman–Crippen MR) is 94.6 cm³/mol. The number of ether oxygens (including phenoxy) is 1. The number of anilines is 1. The molecule has 0 radical (unpaired) electrons. The maximum atomic E-state index is 11.9. The first-order chi connectivity index (χ1) is 11.1. The molecule has 0 aliphatic rings. The van der Waals surface area contributed by atoms with E-state index in [1.807, 2.05) is 38.1 Å². The molecule has 0 saturated heterocycles. The maximum absolute atomic E-state index is 11.9. The Morgan fingerprint density at radius 3 is 2.78 bits per heavy atom. The van der Waals surface area contributed by atoms with Gasteiger partial charge in [-0.15, -0.1) is 0 Å². The second-order valence-electron chi connectivity index (χ2n) is 5.34. The number of aliphatic imine (C=N–C) groups is 1. The molecule has 0 saturated carbocycles. The third kappa shape index (κ3) is 7.15. The van der Waals surface area contributed by atoms with E-state index in [0.29, 0.717) is 19.7 Å². The van der Waals surface area contributed by atoms with Crippen LogP contribution in [0.2, 0.25) is 0 Å². The van der Waals surface area contributed by atoms with Crippen molar-refractivity contribution in [3.63, 3.8) is 0 Å². The Balaban J connectivity index is 2.54. The Hall–Kier alpha value is -2.08. The molecule has 1 atom stereocenters. The van der Waals surface area contributed by atoms with Crippen LogP contribution in [0.1, 0.15) is 25.8 Å². The zero-order valence-corrected chi connectivity index (χ0v) is 14.5. The Kier molecular flexibility index (Phi) is 8.75. The molecule has 0 aliphatic heterocycles. The summed E-state index contributed by atoms with van der Waals surface area (Å²) in [4.78, 5) is 16.1. The minimum absolute atomic E-state index is 0.0144. The topological polar surface area (TPSA) is 74.8 Å². The van der Waals surface area contributed by atoms with Crippen molar-refractivity contribution in [3.8, 4) is 0 Å². The lowest BCUT2D eigenvalue weighted by atomic mass is 10.1. The van der Waals surface area contributed by atoms with E-state index in [0.717, 1.165) is 23.6 Å². The van der Waals surface area contributed by atoms with Gasteiger partial charge in [-0.1, -0.05) is 26.0 Å². The SMILES string of the molecule is CCC(C)C(=O)Nc1cccc(CNC(=NC)NCCOC)c1. The average molecular weight is 320 g/mol. The van der Waals surface area contributed by atoms with Crippen LogP contribution in [0.3, 0.4) is 0 Å². The lowest BCUT2D eigenvalue weighted by molar-refractivity contribution is -0.119. The summed E-state index contributed by atoms with van der Waals surface area (Å²) >= 11 is 0. The minimum atomic E-state index is 0.0144. The molecule has 0 heterocycles. The molecule has 128 valence electrons. The smallest absolute Gasteiger partial charge is 0.227 e. The van der Waals surface area contributed by atoms with Crippen LogP contribution < -0.4 is 16.0 Å². The van der Waals surface area contributed by atoms with Crippen molar-refractivity contribution in [1.82, 2.24) is 10.6 Å². The Labute approximate surface area is 138 Å². The van der Waals surface area contributed by atoms with Gasteiger partial charge in [0, 0.05) is 38.9 Å². The number of carbonyl (C=O) groups is 1. The van der Waals surface area contributed by atoms with Gasteiger partial charge >= 0.3 is 0 Å². The molecule has 0 aliphatic carbocycles. The fraction of sp³-hybridized carbons (Fsp3) is 0.529. The number of nitrogens with one attached hydrogen (secondary N) is 3. The molecule has 1 unspecified atom stereocenters. The van der Waals surface area contributed by atoms with Crippen molar-refractivity contribution >= 4 is 17.6 Å². The van der Waals surface area contributed by atoms with Crippen molar-refractivity contribution in [2.45, 2.75) is 26.8 Å². The molecule has 6 nitrogen and oxygen atoms in total. The fourth-order valence-corrected chi connectivity index (χ4v) is 1.89. The number of amides is 1. The molecule has 0 bridgehead atoms. The van der Waals surface area contributed by atoms with Gasteiger partial charge in [0.1, 0.15) is 0 Å². The van der Waals surface area contributed by atoms with E-state index in [1.165, 1.54) is 0 Å². The number of hydrogen-bond acceptors (Lipinski definition) is 3. The van der Waals surface area contributed by atoms with Gasteiger partial charge in [0.2, 0.25) is 5.91 Å². The monoisotopic (exact) mass is 320 g/mol. The fourth-order valence-electron chi connectivity index (χ4n) is 1.89. The van der Waals surface area contributed by atoms with Crippen molar-refractivity contribution < 1.29 is 9.53 Å². The van der Waals surface area contributed by atoms with Crippen LogP contribution >= 0.6 is 0 Å². The molecular weight excluding hydrogens is 292 g/mol. The summed E-state index contributed by atoms with van der Waals surface area (Å²) in [7, 11) is 3.39. The van der Waals surface area contributed by atoms with Gasteiger partial charge in [-0.3, -0.25) is 9.79 Å². The summed E-state index contributed by atoms with van der Waals surface area (Å²) in [6.07, 6.45) is 0.830. The number of guanidine groups is 1. The summed E-state index contributed by atoms with van der Waals surface area (Å²) in [5, 5.41) is 9.33. The third-order valence-corrected chi connectivity index (χ3v) is 3.54. The van der Waals surface area contributed by atoms with Gasteiger partial charge in [0.05, 0.1) is 6.61 Å². The van der Waals surface area contributed by atoms with Crippen LogP contribution in [0.15, 0.2) is 29.3 Å². The largest absolute Gasteiger partial charge is 0.383 e. The molecule has 0 fully saturated rings. The van der Waals surface area contributed by atoms with E-state index < -0.39 is 0 Å². The number of carbonyl (C=O) groups excluding carboxylic acids is 1. The van der Waals surface area contributed by atoms with Crippen molar-refractivity contribution in [2.75, 3.05) is 32.6 Å². The van der Waals surface area contributed by atoms with Gasteiger partial charge in [-0.2, -0.15) is 0 Å². The molecule has 0 aromatic heterocycles. The molecule has 1 aromatic rings. The van der Waals surface area contributed by atoms with Crippen molar-refractivity contribution in [1.29, 1.82) is 0 Å². The van der Waals surface area contributed by atoms with Gasteiger partial charge in [0.15, 0.2) is 5.96 Å². The molecule has 3 N–H and O–H groups in total. The van der Waals surface area contributed by atoms with Crippen LogP contribution in [0.4, 0.5) is 5.69 Å². The summed E-state index contributed by atoms with van der Waals surface area (Å²) in [6, 6.07) is 7.81. The maximum Gasteiger partial charge on any atom is 0.227 e. The van der Waals surface area contributed by atoms with Crippen molar-refractivity contribution in [2.24, 2.45) is 10.9 Å². The zero-order chi connectivity index (χ0) is 17.1. The second kappa shape index (κ2) is 10.6. The molecule has 1 aromatic carbocycles. The summed E-state index contributed by atoms with van der Waals surface area (Å²) < 4.78 is 5.00. The number of hydrogen-bond donors (Lipinski definition) is 3. The van der Waals surface area contributed by atoms with Crippen molar-refractivity contribution in [3.05, 3.63) is 29.8 Å². The van der Waals surface area contributed by atoms with Crippen LogP contribution in [0.5, 0.6) is 0 Å². The second-order valence-corrected chi connectivity index (χ2v) is 5.34. The molecule has 23 heavy (non-hydrogen) atoms. The molecular formula is C17H28N4O2. The lowest BCUT2D eigenvalue weighted by Crippen LogP contribution is -2.38. The van der Waals surface area contributed by atoms with E-state index in [1.54, 1.807) is 14.2 Å². The molecule has 1 rings (SSSR count). The first-order valence-electron chi connectivity index (χ1n) is 7.94. The third-order valence-electron chi connectivity index (χ3n) is 3.54. The number of methoxy groups -OCH3 is 1. The van der Waals surface area contributed by atoms with Gasteiger partial charge in [-0.25, -0.2) is 0 Å². The van der Waals surface area contributed by atoms with Gasteiger partial charge in [0.25, 0.3) is 0 Å². The van der Waals surface area contributed by atoms with Gasteiger partial charge in [-0.05, 0) is 24.1 Å². The van der Waals surface area contributed by atoms with E-state index in [4.69, 9.17) is 4.74 Å². The summed E-state index contributed by atoms with van der Waals surface area (Å²) in [5.41, 5.74) is 1.89. The normalized spacial score (nSPS) is 12.6. The number of nitrogens with zero attached hydrogens (tertiary/aromatic N) is 1. The molecule has 6 heteroatoms. The van der Waals surface area contributed by atoms with E-state index in [2.05, 4.69) is 20.9 Å².